The predicted octanol–water partition coefficient (Wildman–Crippen LogP) is 3.60. The summed E-state index contributed by atoms with van der Waals surface area (Å²) in [6.07, 6.45) is 1.09. The van der Waals surface area contributed by atoms with Crippen LogP contribution >= 0.6 is 0 Å². The van der Waals surface area contributed by atoms with Gasteiger partial charge in [0.25, 0.3) is 5.91 Å². The lowest BCUT2D eigenvalue weighted by Gasteiger charge is -2.14. The summed E-state index contributed by atoms with van der Waals surface area (Å²) in [7, 11) is 0. The molecule has 1 saturated carbocycles. The minimum absolute atomic E-state index is 0.115. The van der Waals surface area contributed by atoms with Crippen molar-refractivity contribution in [2.45, 2.75) is 38.3 Å². The summed E-state index contributed by atoms with van der Waals surface area (Å²) in [6.45, 7) is 0.471. The van der Waals surface area contributed by atoms with Gasteiger partial charge in [-0.15, -0.1) is 0 Å². The molecule has 1 aliphatic rings. The Hall–Kier alpha value is -1.72. The summed E-state index contributed by atoms with van der Waals surface area (Å²) in [5, 5.41) is 2.66. The van der Waals surface area contributed by atoms with E-state index in [9.17, 15) is 18.0 Å². The Morgan fingerprint density at radius 3 is 2.57 bits per heavy atom. The molecule has 2 rings (SSSR count). The molecule has 0 bridgehead atoms. The van der Waals surface area contributed by atoms with Gasteiger partial charge in [0.05, 0.1) is 16.8 Å². The van der Waals surface area contributed by atoms with E-state index in [1.165, 1.54) is 37.8 Å². The van der Waals surface area contributed by atoms with Crippen LogP contribution in [0, 0.1) is 5.92 Å². The monoisotopic (exact) mass is 300 g/mol. The maximum absolute atomic E-state index is 12.7. The minimum Gasteiger partial charge on any atom is -0.398 e. The van der Waals surface area contributed by atoms with Crippen LogP contribution in [0.15, 0.2) is 18.2 Å². The smallest absolute Gasteiger partial charge is 0.398 e. The topological polar surface area (TPSA) is 55.1 Å². The molecule has 0 radical (unpaired) electrons. The van der Waals surface area contributed by atoms with Gasteiger partial charge in [0, 0.05) is 6.54 Å². The third-order valence-electron chi connectivity index (χ3n) is 3.97. The molecule has 6 heteroatoms. The second-order valence-electron chi connectivity index (χ2n) is 5.46. The van der Waals surface area contributed by atoms with Crippen molar-refractivity contribution in [2.24, 2.45) is 5.92 Å². The van der Waals surface area contributed by atoms with E-state index in [2.05, 4.69) is 5.32 Å². The molecule has 3 N–H and O–H groups in total. The van der Waals surface area contributed by atoms with E-state index in [4.69, 9.17) is 5.73 Å². The van der Waals surface area contributed by atoms with Gasteiger partial charge in [-0.25, -0.2) is 0 Å². The maximum atomic E-state index is 12.7. The number of benzene rings is 1. The number of nitrogens with two attached hydrogens (primary N) is 1. The largest absolute Gasteiger partial charge is 0.418 e. The molecular formula is C15H19F3N2O. The molecule has 1 aromatic rings. The number of carbonyl (C=O) groups is 1. The van der Waals surface area contributed by atoms with Crippen LogP contribution in [0.5, 0.6) is 0 Å². The van der Waals surface area contributed by atoms with Crippen LogP contribution in [0.4, 0.5) is 18.9 Å². The highest BCUT2D eigenvalue weighted by Gasteiger charge is 2.34. The van der Waals surface area contributed by atoms with Crippen LogP contribution in [0.25, 0.3) is 0 Å². The fourth-order valence-electron chi connectivity index (χ4n) is 2.79. The van der Waals surface area contributed by atoms with Crippen LogP contribution in [0.1, 0.15) is 48.0 Å². The first-order valence-electron chi connectivity index (χ1n) is 7.13. The average molecular weight is 300 g/mol. The molecule has 0 spiro atoms. The average Bonchev–Trinajstić information content (AvgIpc) is 2.90. The first-order valence-corrected chi connectivity index (χ1v) is 7.13. The van der Waals surface area contributed by atoms with Gasteiger partial charge in [0.2, 0.25) is 0 Å². The van der Waals surface area contributed by atoms with E-state index in [0.29, 0.717) is 12.5 Å². The van der Waals surface area contributed by atoms with E-state index < -0.39 is 23.3 Å². The van der Waals surface area contributed by atoms with Crippen molar-refractivity contribution in [3.8, 4) is 0 Å². The Morgan fingerprint density at radius 2 is 1.95 bits per heavy atom. The van der Waals surface area contributed by atoms with Crippen molar-refractivity contribution in [2.75, 3.05) is 12.3 Å². The number of rotatable bonds is 4. The summed E-state index contributed by atoms with van der Waals surface area (Å²) in [4.78, 5) is 12.0. The third-order valence-corrected chi connectivity index (χ3v) is 3.97. The van der Waals surface area contributed by atoms with Gasteiger partial charge in [-0.1, -0.05) is 31.7 Å². The molecule has 1 aromatic carbocycles. The Bertz CT molecular complexity index is 508. The number of carbonyl (C=O) groups excluding carboxylic acids is 1. The first kappa shape index (κ1) is 15.7. The van der Waals surface area contributed by atoms with Crippen molar-refractivity contribution in [1.82, 2.24) is 5.32 Å². The number of anilines is 1. The van der Waals surface area contributed by atoms with Gasteiger partial charge in [0.15, 0.2) is 0 Å². The van der Waals surface area contributed by atoms with E-state index >= 15 is 0 Å². The van der Waals surface area contributed by atoms with E-state index in [1.54, 1.807) is 0 Å². The van der Waals surface area contributed by atoms with Crippen molar-refractivity contribution >= 4 is 11.6 Å². The maximum Gasteiger partial charge on any atom is 0.418 e. The number of nitrogen functional groups attached to an aromatic ring is 1. The number of amides is 1. The standard InChI is InChI=1S/C15H19F3N2O/c16-15(17,18)12-7-3-6-11(13(12)19)14(21)20-9-8-10-4-1-2-5-10/h3,6-7,10H,1-2,4-5,8-9,19H2,(H,20,21). The molecule has 1 amide bonds. The van der Waals surface area contributed by atoms with Crippen molar-refractivity contribution in [3.05, 3.63) is 29.3 Å². The predicted molar refractivity (Wildman–Crippen MR) is 74.8 cm³/mol. The summed E-state index contributed by atoms with van der Waals surface area (Å²) < 4.78 is 38.2. The molecule has 0 heterocycles. The van der Waals surface area contributed by atoms with Gasteiger partial charge < -0.3 is 11.1 Å². The van der Waals surface area contributed by atoms with Crippen LogP contribution < -0.4 is 11.1 Å². The van der Waals surface area contributed by atoms with Crippen LogP contribution in [-0.4, -0.2) is 12.5 Å². The van der Waals surface area contributed by atoms with Gasteiger partial charge in [-0.2, -0.15) is 13.2 Å². The molecule has 116 valence electrons. The summed E-state index contributed by atoms with van der Waals surface area (Å²) >= 11 is 0. The lowest BCUT2D eigenvalue weighted by molar-refractivity contribution is -0.136. The number of para-hydroxylation sites is 1. The Labute approximate surface area is 121 Å². The molecule has 0 saturated heterocycles. The number of halogens is 3. The summed E-state index contributed by atoms with van der Waals surface area (Å²) in [5.74, 6) is 0.0701. The van der Waals surface area contributed by atoms with Crippen LogP contribution in [0.3, 0.4) is 0 Å². The highest BCUT2D eigenvalue weighted by atomic mass is 19.4. The van der Waals surface area contributed by atoms with E-state index in [-0.39, 0.29) is 5.56 Å². The van der Waals surface area contributed by atoms with Crippen LogP contribution in [0.2, 0.25) is 0 Å². The molecule has 0 atom stereocenters. The summed E-state index contributed by atoms with van der Waals surface area (Å²) in [6, 6.07) is 3.39. The van der Waals surface area contributed by atoms with Crippen molar-refractivity contribution in [1.29, 1.82) is 0 Å². The Balaban J connectivity index is 1.98. The molecule has 1 fully saturated rings. The number of hydrogen-bond donors (Lipinski definition) is 2. The number of hydrogen-bond acceptors (Lipinski definition) is 2. The SMILES string of the molecule is Nc1c(C(=O)NCCC2CCCC2)cccc1C(F)(F)F. The molecule has 1 aliphatic carbocycles. The third kappa shape index (κ3) is 3.89. The normalized spacial score (nSPS) is 16.1. The highest BCUT2D eigenvalue weighted by molar-refractivity contribution is 5.99. The van der Waals surface area contributed by atoms with Crippen molar-refractivity contribution in [3.63, 3.8) is 0 Å². The van der Waals surface area contributed by atoms with Crippen molar-refractivity contribution < 1.29 is 18.0 Å². The molecule has 3 nitrogen and oxygen atoms in total. The second-order valence-corrected chi connectivity index (χ2v) is 5.46. The fourth-order valence-corrected chi connectivity index (χ4v) is 2.79. The van der Waals surface area contributed by atoms with E-state index in [1.807, 2.05) is 0 Å². The molecule has 0 unspecified atom stereocenters. The Kier molecular flexibility index (Phi) is 4.75. The molecule has 0 aliphatic heterocycles. The van der Waals surface area contributed by atoms with Gasteiger partial charge in [-0.05, 0) is 24.5 Å². The van der Waals surface area contributed by atoms with E-state index in [0.717, 1.165) is 12.5 Å². The van der Waals surface area contributed by atoms with Gasteiger partial charge in [-0.3, -0.25) is 4.79 Å². The Morgan fingerprint density at radius 1 is 1.29 bits per heavy atom. The zero-order valence-electron chi connectivity index (χ0n) is 11.7. The lowest BCUT2D eigenvalue weighted by Crippen LogP contribution is -2.27. The zero-order valence-corrected chi connectivity index (χ0v) is 11.7. The first-order chi connectivity index (χ1) is 9.89. The lowest BCUT2D eigenvalue weighted by atomic mass is 10.0. The summed E-state index contributed by atoms with van der Waals surface area (Å²) in [5.41, 5.74) is 3.89. The zero-order chi connectivity index (χ0) is 15.5. The highest BCUT2D eigenvalue weighted by Crippen LogP contribution is 2.35. The number of alkyl halides is 3. The van der Waals surface area contributed by atoms with Gasteiger partial charge >= 0.3 is 6.18 Å². The molecule has 0 aromatic heterocycles. The van der Waals surface area contributed by atoms with Gasteiger partial charge in [0.1, 0.15) is 0 Å². The fraction of sp³-hybridized carbons (Fsp3) is 0.533. The molecular weight excluding hydrogens is 281 g/mol. The number of nitrogens with one attached hydrogen (secondary N) is 1. The van der Waals surface area contributed by atoms with Crippen LogP contribution in [-0.2, 0) is 6.18 Å². The quantitative estimate of drug-likeness (QED) is 0.835. The molecule has 21 heavy (non-hydrogen) atoms. The minimum atomic E-state index is -4.55. The second kappa shape index (κ2) is 6.37.